The number of halogens is 1. The summed E-state index contributed by atoms with van der Waals surface area (Å²) in [5.41, 5.74) is 2.32. The molecule has 0 nitrogen and oxygen atoms in total. The van der Waals surface area contributed by atoms with Crippen LogP contribution in [0.3, 0.4) is 0 Å². The van der Waals surface area contributed by atoms with Crippen LogP contribution in [0.2, 0.25) is 0 Å². The van der Waals surface area contributed by atoms with Crippen LogP contribution in [-0.4, -0.2) is 0 Å². The molecule has 0 aromatic carbocycles. The Kier molecular flexibility index (Phi) is 6.32. The molecule has 0 amide bonds. The first-order valence-corrected chi connectivity index (χ1v) is 5.92. The first kappa shape index (κ1) is 15.2. The van der Waals surface area contributed by atoms with Crippen molar-refractivity contribution < 1.29 is 4.39 Å². The molecule has 0 saturated heterocycles. The average Bonchev–Trinajstić information content (AvgIpc) is 2.11. The van der Waals surface area contributed by atoms with E-state index in [0.717, 1.165) is 12.0 Å². The minimum atomic E-state index is -0.240. The Labute approximate surface area is 99.9 Å². The lowest BCUT2D eigenvalue weighted by molar-refractivity contribution is 0.357. The smallest absolute Gasteiger partial charge is 0.0930 e. The summed E-state index contributed by atoms with van der Waals surface area (Å²) >= 11 is 0. The predicted molar refractivity (Wildman–Crippen MR) is 70.9 cm³/mol. The molecule has 2 atom stereocenters. The van der Waals surface area contributed by atoms with Crippen molar-refractivity contribution in [3.63, 3.8) is 0 Å². The van der Waals surface area contributed by atoms with Gasteiger partial charge in [-0.2, -0.15) is 0 Å². The Bertz CT molecular complexity index is 273. The summed E-state index contributed by atoms with van der Waals surface area (Å²) in [6, 6.07) is 0. The molecule has 16 heavy (non-hydrogen) atoms. The highest BCUT2D eigenvalue weighted by atomic mass is 19.1. The van der Waals surface area contributed by atoms with Crippen molar-refractivity contribution in [1.29, 1.82) is 0 Å². The average molecular weight is 224 g/mol. The van der Waals surface area contributed by atoms with Crippen molar-refractivity contribution in [2.24, 2.45) is 17.8 Å². The second kappa shape index (κ2) is 6.67. The fourth-order valence-electron chi connectivity index (χ4n) is 1.99. The van der Waals surface area contributed by atoms with Crippen LogP contribution in [-0.2, 0) is 0 Å². The molecule has 0 N–H and O–H groups in total. The number of hydrogen-bond acceptors (Lipinski definition) is 0. The molecule has 0 fully saturated rings. The van der Waals surface area contributed by atoms with Crippen LogP contribution in [0.25, 0.3) is 0 Å². The van der Waals surface area contributed by atoms with E-state index in [9.17, 15) is 4.39 Å². The molecule has 0 aromatic heterocycles. The van der Waals surface area contributed by atoms with Crippen molar-refractivity contribution in [2.45, 2.75) is 40.5 Å². The Morgan fingerprint density at radius 1 is 1.06 bits per heavy atom. The molecule has 0 rings (SSSR count). The molecule has 0 aliphatic rings. The predicted octanol–water partition coefficient (Wildman–Crippen LogP) is 5.29. The van der Waals surface area contributed by atoms with Gasteiger partial charge >= 0.3 is 0 Å². The summed E-state index contributed by atoms with van der Waals surface area (Å²) in [7, 11) is 0. The summed E-state index contributed by atoms with van der Waals surface area (Å²) < 4.78 is 12.9. The van der Waals surface area contributed by atoms with Gasteiger partial charge in [0.05, 0.1) is 5.83 Å². The second-order valence-electron chi connectivity index (χ2n) is 5.20. The van der Waals surface area contributed by atoms with E-state index in [1.165, 1.54) is 5.57 Å². The summed E-state index contributed by atoms with van der Waals surface area (Å²) in [6.45, 7) is 19.8. The van der Waals surface area contributed by atoms with E-state index in [1.807, 2.05) is 6.92 Å². The quantitative estimate of drug-likeness (QED) is 0.515. The minimum absolute atomic E-state index is 0.240. The van der Waals surface area contributed by atoms with E-state index in [-0.39, 0.29) is 11.7 Å². The van der Waals surface area contributed by atoms with Gasteiger partial charge in [0.1, 0.15) is 0 Å². The van der Waals surface area contributed by atoms with Crippen LogP contribution in [0.15, 0.2) is 36.7 Å². The monoisotopic (exact) mass is 224 g/mol. The molecule has 0 bridgehead atoms. The first-order chi connectivity index (χ1) is 7.25. The number of hydrogen-bond donors (Lipinski definition) is 0. The molecule has 0 radical (unpaired) electrons. The molecule has 92 valence electrons. The van der Waals surface area contributed by atoms with Crippen LogP contribution in [0, 0.1) is 17.8 Å². The topological polar surface area (TPSA) is 0 Å². The maximum Gasteiger partial charge on any atom is 0.0930 e. The third-order valence-corrected chi connectivity index (χ3v) is 3.02. The van der Waals surface area contributed by atoms with Gasteiger partial charge in [-0.25, -0.2) is 4.39 Å². The third kappa shape index (κ3) is 5.29. The van der Waals surface area contributed by atoms with Crippen LogP contribution in [0.4, 0.5) is 4.39 Å². The summed E-state index contributed by atoms with van der Waals surface area (Å²) in [5, 5.41) is 0. The van der Waals surface area contributed by atoms with Crippen molar-refractivity contribution in [3.05, 3.63) is 36.7 Å². The molecular weight excluding hydrogens is 199 g/mol. The van der Waals surface area contributed by atoms with Gasteiger partial charge in [-0.3, -0.25) is 0 Å². The zero-order chi connectivity index (χ0) is 12.9. The van der Waals surface area contributed by atoms with Gasteiger partial charge in [-0.1, -0.05) is 45.1 Å². The normalized spacial score (nSPS) is 14.6. The van der Waals surface area contributed by atoms with Gasteiger partial charge in [0, 0.05) is 6.42 Å². The highest BCUT2D eigenvalue weighted by molar-refractivity contribution is 5.10. The Morgan fingerprint density at radius 3 is 1.88 bits per heavy atom. The molecule has 0 saturated carbocycles. The molecule has 0 aliphatic carbocycles. The van der Waals surface area contributed by atoms with Crippen molar-refractivity contribution in [2.75, 3.05) is 0 Å². The van der Waals surface area contributed by atoms with E-state index in [0.29, 0.717) is 18.3 Å². The van der Waals surface area contributed by atoms with Crippen molar-refractivity contribution in [1.82, 2.24) is 0 Å². The van der Waals surface area contributed by atoms with Gasteiger partial charge in [0.15, 0.2) is 0 Å². The Balaban J connectivity index is 4.71. The van der Waals surface area contributed by atoms with Gasteiger partial charge in [-0.05, 0) is 31.1 Å². The lowest BCUT2D eigenvalue weighted by Crippen LogP contribution is -2.17. The fourth-order valence-corrected chi connectivity index (χ4v) is 1.99. The van der Waals surface area contributed by atoms with E-state index in [1.54, 1.807) is 0 Å². The molecule has 0 heterocycles. The molecule has 0 aliphatic heterocycles. The second-order valence-corrected chi connectivity index (χ2v) is 5.20. The molecular formula is C15H25F. The zero-order valence-corrected chi connectivity index (χ0v) is 11.1. The summed E-state index contributed by atoms with van der Waals surface area (Å²) in [6.07, 6.45) is 1.31. The van der Waals surface area contributed by atoms with Crippen LogP contribution >= 0.6 is 0 Å². The summed E-state index contributed by atoms with van der Waals surface area (Å²) in [4.78, 5) is 0. The minimum Gasteiger partial charge on any atom is -0.212 e. The fraction of sp³-hybridized carbons (Fsp3) is 0.600. The van der Waals surface area contributed by atoms with E-state index in [4.69, 9.17) is 0 Å². The molecule has 2 unspecified atom stereocenters. The molecule has 0 spiro atoms. The standard InChI is InChI=1S/C15H25F/c1-10(2)8-15(14(7)11(3)4)12(5)9-13(6)16/h11-12,15H,1,6-9H2,2-5H3. The van der Waals surface area contributed by atoms with Gasteiger partial charge in [-0.15, -0.1) is 6.58 Å². The maximum absolute atomic E-state index is 12.9. The maximum atomic E-state index is 12.9. The Morgan fingerprint density at radius 2 is 1.56 bits per heavy atom. The van der Waals surface area contributed by atoms with E-state index in [2.05, 4.69) is 40.5 Å². The van der Waals surface area contributed by atoms with Crippen LogP contribution in [0.1, 0.15) is 40.5 Å². The molecule has 1 heteroatoms. The lowest BCUT2D eigenvalue weighted by Gasteiger charge is -2.28. The van der Waals surface area contributed by atoms with Crippen LogP contribution < -0.4 is 0 Å². The van der Waals surface area contributed by atoms with Gasteiger partial charge < -0.3 is 0 Å². The Hall–Kier alpha value is -0.850. The van der Waals surface area contributed by atoms with Gasteiger partial charge in [0.25, 0.3) is 0 Å². The van der Waals surface area contributed by atoms with Crippen LogP contribution in [0.5, 0.6) is 0 Å². The first-order valence-electron chi connectivity index (χ1n) is 5.92. The summed E-state index contributed by atoms with van der Waals surface area (Å²) in [5.74, 6) is 0.740. The highest BCUT2D eigenvalue weighted by Crippen LogP contribution is 2.33. The molecule has 0 aromatic rings. The largest absolute Gasteiger partial charge is 0.212 e. The SMILES string of the molecule is C=C(C)CC(C(=C)C(C)C)C(C)CC(=C)F. The number of rotatable bonds is 7. The van der Waals surface area contributed by atoms with E-state index < -0.39 is 0 Å². The van der Waals surface area contributed by atoms with E-state index >= 15 is 0 Å². The van der Waals surface area contributed by atoms with Crippen molar-refractivity contribution >= 4 is 0 Å². The number of allylic oxidation sites excluding steroid dienone is 3. The zero-order valence-electron chi connectivity index (χ0n) is 11.1. The lowest BCUT2D eigenvalue weighted by atomic mass is 9.77. The highest BCUT2D eigenvalue weighted by Gasteiger charge is 2.22. The van der Waals surface area contributed by atoms with Crippen molar-refractivity contribution in [3.8, 4) is 0 Å². The van der Waals surface area contributed by atoms with Gasteiger partial charge in [0.2, 0.25) is 0 Å². The third-order valence-electron chi connectivity index (χ3n) is 3.02.